The summed E-state index contributed by atoms with van der Waals surface area (Å²) in [7, 11) is 0. The Labute approximate surface area is 149 Å². The van der Waals surface area contributed by atoms with Gasteiger partial charge in [0.2, 0.25) is 5.88 Å². The monoisotopic (exact) mass is 367 g/mol. The molecule has 1 aromatic heterocycles. The number of hydrogen-bond donors (Lipinski definition) is 1. The summed E-state index contributed by atoms with van der Waals surface area (Å²) in [6.45, 7) is 1.31. The summed E-state index contributed by atoms with van der Waals surface area (Å²) in [5.74, 6) is 0.335. The maximum absolute atomic E-state index is 12.1. The van der Waals surface area contributed by atoms with Gasteiger partial charge >= 0.3 is 0 Å². The highest BCUT2D eigenvalue weighted by Crippen LogP contribution is 2.30. The summed E-state index contributed by atoms with van der Waals surface area (Å²) in [6.07, 6.45) is 1.60. The minimum Gasteiger partial charge on any atom is -0.436 e. The van der Waals surface area contributed by atoms with Crippen LogP contribution >= 0.6 is 23.2 Å². The highest BCUT2D eigenvalue weighted by molar-refractivity contribution is 6.34. The minimum atomic E-state index is -0.262. The number of halogens is 2. The Kier molecular flexibility index (Phi) is 5.50. The van der Waals surface area contributed by atoms with E-state index in [1.807, 2.05) is 0 Å². The van der Waals surface area contributed by atoms with Crippen molar-refractivity contribution in [2.24, 2.45) is 0 Å². The number of hydrogen-bond acceptors (Lipinski definition) is 5. The lowest BCUT2D eigenvalue weighted by Crippen LogP contribution is -2.39. The van der Waals surface area contributed by atoms with E-state index in [-0.39, 0.29) is 23.5 Å². The third kappa shape index (κ3) is 4.35. The zero-order valence-corrected chi connectivity index (χ0v) is 14.2. The fraction of sp³-hybridized carbons (Fsp3) is 0.312. The number of ether oxygens (including phenoxy) is 2. The van der Waals surface area contributed by atoms with E-state index in [4.69, 9.17) is 32.7 Å². The molecule has 0 aliphatic carbocycles. The van der Waals surface area contributed by atoms with Crippen LogP contribution in [0.1, 0.15) is 23.3 Å². The highest BCUT2D eigenvalue weighted by atomic mass is 35.5. The van der Waals surface area contributed by atoms with Gasteiger partial charge in [0.1, 0.15) is 5.75 Å². The van der Waals surface area contributed by atoms with Crippen LogP contribution in [-0.4, -0.2) is 35.4 Å². The van der Waals surface area contributed by atoms with Crippen molar-refractivity contribution < 1.29 is 14.3 Å². The first-order valence-electron chi connectivity index (χ1n) is 7.47. The first-order valence-corrected chi connectivity index (χ1v) is 8.22. The standard InChI is InChI=1S/C16H15Cl2N3O3/c17-10-1-2-12(18)14(9-10)24-15-4-3-13(20-21-15)16(22)19-11-5-7-23-8-6-11/h1-4,9,11H,5-8H2,(H,19,22). The maximum atomic E-state index is 12.1. The van der Waals surface area contributed by atoms with Gasteiger partial charge in [0.15, 0.2) is 5.69 Å². The van der Waals surface area contributed by atoms with Gasteiger partial charge in [-0.15, -0.1) is 10.2 Å². The van der Waals surface area contributed by atoms with Crippen LogP contribution < -0.4 is 10.1 Å². The van der Waals surface area contributed by atoms with Crippen LogP contribution in [-0.2, 0) is 4.74 Å². The Morgan fingerprint density at radius 1 is 1.17 bits per heavy atom. The van der Waals surface area contributed by atoms with Gasteiger partial charge in [-0.25, -0.2) is 0 Å². The molecule has 24 heavy (non-hydrogen) atoms. The Morgan fingerprint density at radius 3 is 2.67 bits per heavy atom. The summed E-state index contributed by atoms with van der Waals surface area (Å²) in [5, 5.41) is 11.6. The summed E-state index contributed by atoms with van der Waals surface area (Å²) in [6, 6.07) is 8.08. The smallest absolute Gasteiger partial charge is 0.272 e. The Morgan fingerprint density at radius 2 is 1.96 bits per heavy atom. The highest BCUT2D eigenvalue weighted by Gasteiger charge is 2.18. The zero-order chi connectivity index (χ0) is 16.9. The average molecular weight is 368 g/mol. The van der Waals surface area contributed by atoms with Crippen molar-refractivity contribution in [3.05, 3.63) is 46.1 Å². The zero-order valence-electron chi connectivity index (χ0n) is 12.7. The topological polar surface area (TPSA) is 73.3 Å². The second kappa shape index (κ2) is 7.79. The van der Waals surface area contributed by atoms with Gasteiger partial charge in [-0.1, -0.05) is 23.2 Å². The third-order valence-electron chi connectivity index (χ3n) is 3.54. The van der Waals surface area contributed by atoms with Crippen LogP contribution in [0, 0.1) is 0 Å². The van der Waals surface area contributed by atoms with E-state index in [9.17, 15) is 4.79 Å². The second-order valence-corrected chi connectivity index (χ2v) is 6.14. The molecule has 0 saturated carbocycles. The van der Waals surface area contributed by atoms with Crippen molar-refractivity contribution in [3.63, 3.8) is 0 Å². The summed E-state index contributed by atoms with van der Waals surface area (Å²) < 4.78 is 10.8. The van der Waals surface area contributed by atoms with Gasteiger partial charge in [-0.3, -0.25) is 4.79 Å². The van der Waals surface area contributed by atoms with E-state index < -0.39 is 0 Å². The number of benzene rings is 1. The van der Waals surface area contributed by atoms with Crippen LogP contribution in [0.4, 0.5) is 0 Å². The molecule has 1 aromatic carbocycles. The Bertz CT molecular complexity index is 719. The lowest BCUT2D eigenvalue weighted by molar-refractivity contribution is 0.0693. The molecule has 126 valence electrons. The van der Waals surface area contributed by atoms with Crippen LogP contribution in [0.25, 0.3) is 0 Å². The van der Waals surface area contributed by atoms with Gasteiger partial charge in [0.25, 0.3) is 5.91 Å². The molecule has 0 radical (unpaired) electrons. The number of nitrogens with zero attached hydrogens (tertiary/aromatic N) is 2. The van der Waals surface area contributed by atoms with Crippen molar-refractivity contribution in [2.45, 2.75) is 18.9 Å². The van der Waals surface area contributed by atoms with Gasteiger partial charge in [-0.05, 0) is 31.0 Å². The second-order valence-electron chi connectivity index (χ2n) is 5.29. The molecule has 2 aromatic rings. The normalized spacial score (nSPS) is 15.1. The summed E-state index contributed by atoms with van der Waals surface area (Å²) in [5.41, 5.74) is 0.228. The molecule has 1 aliphatic rings. The average Bonchev–Trinajstić information content (AvgIpc) is 2.60. The predicted octanol–water partition coefficient (Wildman–Crippen LogP) is 3.48. The number of amides is 1. The predicted molar refractivity (Wildman–Crippen MR) is 89.9 cm³/mol. The van der Waals surface area contributed by atoms with Crippen molar-refractivity contribution >= 4 is 29.1 Å². The summed E-state index contributed by atoms with van der Waals surface area (Å²) >= 11 is 11.9. The molecule has 2 heterocycles. The van der Waals surface area contributed by atoms with Crippen molar-refractivity contribution in [3.8, 4) is 11.6 Å². The molecule has 0 bridgehead atoms. The van der Waals surface area contributed by atoms with E-state index >= 15 is 0 Å². The molecule has 1 aliphatic heterocycles. The fourth-order valence-corrected chi connectivity index (χ4v) is 2.58. The molecule has 0 atom stereocenters. The SMILES string of the molecule is O=C(NC1CCOCC1)c1ccc(Oc2cc(Cl)ccc2Cl)nn1. The van der Waals surface area contributed by atoms with E-state index in [0.29, 0.717) is 29.0 Å². The van der Waals surface area contributed by atoms with Crippen LogP contribution in [0.5, 0.6) is 11.6 Å². The van der Waals surface area contributed by atoms with Gasteiger partial charge in [0.05, 0.1) is 5.02 Å². The molecule has 0 unspecified atom stereocenters. The number of carbonyl (C=O) groups is 1. The summed E-state index contributed by atoms with van der Waals surface area (Å²) in [4.78, 5) is 12.1. The van der Waals surface area contributed by atoms with E-state index in [1.165, 1.54) is 0 Å². The minimum absolute atomic E-state index is 0.106. The quantitative estimate of drug-likeness (QED) is 0.895. The maximum Gasteiger partial charge on any atom is 0.272 e. The van der Waals surface area contributed by atoms with Crippen molar-refractivity contribution in [2.75, 3.05) is 13.2 Å². The number of carbonyl (C=O) groups excluding carboxylic acids is 1. The van der Waals surface area contributed by atoms with E-state index in [0.717, 1.165) is 12.8 Å². The number of rotatable bonds is 4. The lowest BCUT2D eigenvalue weighted by atomic mass is 10.1. The Hall–Kier alpha value is -1.89. The van der Waals surface area contributed by atoms with E-state index in [2.05, 4.69) is 15.5 Å². The van der Waals surface area contributed by atoms with E-state index in [1.54, 1.807) is 30.3 Å². The first kappa shape index (κ1) is 17.0. The molecular weight excluding hydrogens is 353 g/mol. The molecule has 8 heteroatoms. The fourth-order valence-electron chi connectivity index (χ4n) is 2.26. The molecule has 0 spiro atoms. The Balaban J connectivity index is 1.64. The molecule has 3 rings (SSSR count). The lowest BCUT2D eigenvalue weighted by Gasteiger charge is -2.22. The third-order valence-corrected chi connectivity index (χ3v) is 4.08. The largest absolute Gasteiger partial charge is 0.436 e. The van der Waals surface area contributed by atoms with Crippen molar-refractivity contribution in [1.29, 1.82) is 0 Å². The molecular formula is C16H15Cl2N3O3. The first-order chi connectivity index (χ1) is 11.6. The van der Waals surface area contributed by atoms with Gasteiger partial charge in [0, 0.05) is 36.4 Å². The number of aromatic nitrogens is 2. The molecule has 1 saturated heterocycles. The van der Waals surface area contributed by atoms with Crippen LogP contribution in [0.15, 0.2) is 30.3 Å². The number of nitrogens with one attached hydrogen (secondary N) is 1. The van der Waals surface area contributed by atoms with Crippen LogP contribution in [0.3, 0.4) is 0 Å². The van der Waals surface area contributed by atoms with Crippen molar-refractivity contribution in [1.82, 2.24) is 15.5 Å². The molecule has 1 amide bonds. The van der Waals surface area contributed by atoms with Gasteiger partial charge < -0.3 is 14.8 Å². The van der Waals surface area contributed by atoms with Gasteiger partial charge in [-0.2, -0.15) is 0 Å². The molecule has 1 fully saturated rings. The van der Waals surface area contributed by atoms with Crippen LogP contribution in [0.2, 0.25) is 10.0 Å². The molecule has 6 nitrogen and oxygen atoms in total. The molecule has 1 N–H and O–H groups in total.